The van der Waals surface area contributed by atoms with Gasteiger partial charge in [-0.1, -0.05) is 30.7 Å². The predicted molar refractivity (Wildman–Crippen MR) is 91.4 cm³/mol. The summed E-state index contributed by atoms with van der Waals surface area (Å²) in [6.45, 7) is 1.71. The van der Waals surface area contributed by atoms with Crippen LogP contribution in [0.25, 0.3) is 0 Å². The van der Waals surface area contributed by atoms with Gasteiger partial charge in [-0.15, -0.1) is 0 Å². The minimum atomic E-state index is -0.664. The Balaban J connectivity index is 2.27. The Morgan fingerprint density at radius 2 is 1.88 bits per heavy atom. The maximum absolute atomic E-state index is 12.3. The van der Waals surface area contributed by atoms with Crippen LogP contribution in [0.5, 0.6) is 0 Å². The first kappa shape index (κ1) is 17.4. The van der Waals surface area contributed by atoms with Crippen molar-refractivity contribution in [3.63, 3.8) is 0 Å². The molecule has 0 spiro atoms. The van der Waals surface area contributed by atoms with Crippen LogP contribution in [-0.4, -0.2) is 16.7 Å². The third kappa shape index (κ3) is 4.08. The van der Waals surface area contributed by atoms with Crippen LogP contribution < -0.4 is 10.6 Å². The van der Waals surface area contributed by atoms with Crippen molar-refractivity contribution in [3.05, 3.63) is 63.2 Å². The Morgan fingerprint density at radius 3 is 2.54 bits per heavy atom. The van der Waals surface area contributed by atoms with Crippen molar-refractivity contribution in [1.29, 1.82) is 0 Å². The highest BCUT2D eigenvalue weighted by molar-refractivity contribution is 6.34. The summed E-state index contributed by atoms with van der Waals surface area (Å²) in [6, 6.07) is 10.2. The monoisotopic (exact) mass is 347 g/mol. The highest BCUT2D eigenvalue weighted by Gasteiger charge is 2.20. The van der Waals surface area contributed by atoms with Crippen LogP contribution in [0.3, 0.4) is 0 Å². The fourth-order valence-corrected chi connectivity index (χ4v) is 2.13. The van der Waals surface area contributed by atoms with E-state index in [9.17, 15) is 19.7 Å². The van der Waals surface area contributed by atoms with Gasteiger partial charge in [-0.25, -0.2) is 0 Å². The summed E-state index contributed by atoms with van der Waals surface area (Å²) in [5.41, 5.74) is 0.320. The number of nitro groups is 1. The molecule has 2 N–H and O–H groups in total. The zero-order chi connectivity index (χ0) is 17.7. The molecular formula is C16H14ClN3O4. The van der Waals surface area contributed by atoms with Gasteiger partial charge in [-0.3, -0.25) is 19.7 Å². The number of nitro benzene ring substituents is 1. The fraction of sp³-hybridized carbons (Fsp3) is 0.125. The average Bonchev–Trinajstić information content (AvgIpc) is 2.57. The Bertz CT molecular complexity index is 808. The quantitative estimate of drug-likeness (QED) is 0.633. The van der Waals surface area contributed by atoms with Crippen molar-refractivity contribution in [2.24, 2.45) is 0 Å². The normalized spacial score (nSPS) is 10.1. The minimum Gasteiger partial charge on any atom is -0.326 e. The third-order valence-corrected chi connectivity index (χ3v) is 3.49. The molecule has 0 saturated carbocycles. The number of halogens is 1. The molecule has 2 aromatic rings. The standard InChI is InChI=1S/C16H14ClN3O4/c1-2-15(21)18-10-7-8-12(17)13(9-10)19-16(22)11-5-3-4-6-14(11)20(23)24/h3-9H,2H2,1H3,(H,18,21)(H,19,22). The number of benzene rings is 2. The van der Waals surface area contributed by atoms with E-state index in [0.717, 1.165) is 0 Å². The lowest BCUT2D eigenvalue weighted by molar-refractivity contribution is -0.385. The second kappa shape index (κ2) is 7.56. The van der Waals surface area contributed by atoms with E-state index in [-0.39, 0.29) is 27.9 Å². The number of anilines is 2. The lowest BCUT2D eigenvalue weighted by Gasteiger charge is -2.10. The molecule has 0 heterocycles. The molecule has 0 aliphatic rings. The first-order valence-corrected chi connectivity index (χ1v) is 7.44. The van der Waals surface area contributed by atoms with E-state index in [0.29, 0.717) is 12.1 Å². The van der Waals surface area contributed by atoms with Gasteiger partial charge in [0, 0.05) is 18.2 Å². The summed E-state index contributed by atoms with van der Waals surface area (Å²) in [5.74, 6) is -0.850. The maximum Gasteiger partial charge on any atom is 0.282 e. The lowest BCUT2D eigenvalue weighted by Crippen LogP contribution is -2.15. The third-order valence-electron chi connectivity index (χ3n) is 3.16. The second-order valence-corrected chi connectivity index (χ2v) is 5.23. The molecule has 8 heteroatoms. The first-order valence-electron chi connectivity index (χ1n) is 7.06. The number of para-hydroxylation sites is 1. The van der Waals surface area contributed by atoms with Gasteiger partial charge in [0.1, 0.15) is 5.56 Å². The van der Waals surface area contributed by atoms with Crippen LogP contribution in [0.15, 0.2) is 42.5 Å². The molecule has 0 bridgehead atoms. The number of carbonyl (C=O) groups is 2. The van der Waals surface area contributed by atoms with E-state index < -0.39 is 10.8 Å². The van der Waals surface area contributed by atoms with Crippen LogP contribution >= 0.6 is 11.6 Å². The number of rotatable bonds is 5. The zero-order valence-electron chi connectivity index (χ0n) is 12.7. The van der Waals surface area contributed by atoms with Crippen molar-refractivity contribution in [1.82, 2.24) is 0 Å². The van der Waals surface area contributed by atoms with E-state index in [1.807, 2.05) is 0 Å². The number of nitrogens with one attached hydrogen (secondary N) is 2. The van der Waals surface area contributed by atoms with Gasteiger partial charge in [0.15, 0.2) is 0 Å². The summed E-state index contributed by atoms with van der Waals surface area (Å²) in [5, 5.41) is 16.4. The van der Waals surface area contributed by atoms with Crippen molar-refractivity contribution in [3.8, 4) is 0 Å². The molecule has 0 aliphatic carbocycles. The summed E-state index contributed by atoms with van der Waals surface area (Å²) >= 11 is 6.04. The van der Waals surface area contributed by atoms with Crippen LogP contribution in [0.1, 0.15) is 23.7 Å². The highest BCUT2D eigenvalue weighted by Crippen LogP contribution is 2.27. The largest absolute Gasteiger partial charge is 0.326 e. The molecule has 2 aromatic carbocycles. The molecule has 0 aliphatic heterocycles. The average molecular weight is 348 g/mol. The molecule has 2 rings (SSSR count). The molecule has 0 fully saturated rings. The molecule has 0 unspecified atom stereocenters. The molecule has 0 radical (unpaired) electrons. The molecule has 0 atom stereocenters. The number of hydrogen-bond donors (Lipinski definition) is 2. The van der Waals surface area contributed by atoms with Gasteiger partial charge in [0.25, 0.3) is 11.6 Å². The highest BCUT2D eigenvalue weighted by atomic mass is 35.5. The molecule has 0 saturated heterocycles. The van der Waals surface area contributed by atoms with E-state index >= 15 is 0 Å². The number of carbonyl (C=O) groups excluding carboxylic acids is 2. The van der Waals surface area contributed by atoms with E-state index in [2.05, 4.69) is 10.6 Å². The first-order chi connectivity index (χ1) is 11.4. The Kier molecular flexibility index (Phi) is 5.49. The van der Waals surface area contributed by atoms with Gasteiger partial charge in [0.05, 0.1) is 15.6 Å². The summed E-state index contributed by atoms with van der Waals surface area (Å²) in [4.78, 5) is 34.1. The fourth-order valence-electron chi connectivity index (χ4n) is 1.96. The van der Waals surface area contributed by atoms with E-state index in [1.54, 1.807) is 13.0 Å². The Hall–Kier alpha value is -2.93. The molecule has 24 heavy (non-hydrogen) atoms. The SMILES string of the molecule is CCC(=O)Nc1ccc(Cl)c(NC(=O)c2ccccc2[N+](=O)[O-])c1. The van der Waals surface area contributed by atoms with Gasteiger partial charge in [-0.05, 0) is 24.3 Å². The maximum atomic E-state index is 12.3. The predicted octanol–water partition coefficient (Wildman–Crippen LogP) is 3.85. The summed E-state index contributed by atoms with van der Waals surface area (Å²) in [6.07, 6.45) is 0.306. The van der Waals surface area contributed by atoms with Crippen molar-refractivity contribution >= 4 is 40.5 Å². The Morgan fingerprint density at radius 1 is 1.17 bits per heavy atom. The number of nitrogens with zero attached hydrogens (tertiary/aromatic N) is 1. The summed E-state index contributed by atoms with van der Waals surface area (Å²) in [7, 11) is 0. The van der Waals surface area contributed by atoms with Crippen molar-refractivity contribution in [2.75, 3.05) is 10.6 Å². The molecule has 0 aromatic heterocycles. The van der Waals surface area contributed by atoms with Crippen molar-refractivity contribution < 1.29 is 14.5 Å². The molecule has 7 nitrogen and oxygen atoms in total. The molecule has 124 valence electrons. The van der Waals surface area contributed by atoms with E-state index in [4.69, 9.17) is 11.6 Å². The van der Waals surface area contributed by atoms with Crippen LogP contribution in [0.2, 0.25) is 5.02 Å². The van der Waals surface area contributed by atoms with Gasteiger partial charge in [-0.2, -0.15) is 0 Å². The van der Waals surface area contributed by atoms with Crippen LogP contribution in [0, 0.1) is 10.1 Å². The van der Waals surface area contributed by atoms with Gasteiger partial charge < -0.3 is 10.6 Å². The van der Waals surface area contributed by atoms with Crippen LogP contribution in [0.4, 0.5) is 17.1 Å². The topological polar surface area (TPSA) is 101 Å². The number of amides is 2. The molecular weight excluding hydrogens is 334 g/mol. The Labute approximate surface area is 142 Å². The number of hydrogen-bond acceptors (Lipinski definition) is 4. The molecule has 2 amide bonds. The van der Waals surface area contributed by atoms with E-state index in [1.165, 1.54) is 36.4 Å². The second-order valence-electron chi connectivity index (χ2n) is 4.82. The smallest absolute Gasteiger partial charge is 0.282 e. The van der Waals surface area contributed by atoms with Gasteiger partial charge in [0.2, 0.25) is 5.91 Å². The lowest BCUT2D eigenvalue weighted by atomic mass is 10.1. The van der Waals surface area contributed by atoms with Crippen molar-refractivity contribution in [2.45, 2.75) is 13.3 Å². The minimum absolute atomic E-state index is 0.0819. The van der Waals surface area contributed by atoms with Gasteiger partial charge >= 0.3 is 0 Å². The van der Waals surface area contributed by atoms with Crippen LogP contribution in [-0.2, 0) is 4.79 Å². The zero-order valence-corrected chi connectivity index (χ0v) is 13.5. The summed E-state index contributed by atoms with van der Waals surface area (Å²) < 4.78 is 0.